The molecule has 0 amide bonds. The lowest BCUT2D eigenvalue weighted by Crippen LogP contribution is -2.33. The largest absolute Gasteiger partial charge is 0.489 e. The van der Waals surface area contributed by atoms with Crippen molar-refractivity contribution in [3.63, 3.8) is 0 Å². The van der Waals surface area contributed by atoms with Gasteiger partial charge >= 0.3 is 0 Å². The van der Waals surface area contributed by atoms with Gasteiger partial charge in [0, 0.05) is 0 Å². The molecule has 0 bridgehead atoms. The number of rotatable bonds is 17. The summed E-state index contributed by atoms with van der Waals surface area (Å²) in [7, 11) is 0. The highest BCUT2D eigenvalue weighted by Crippen LogP contribution is 2.19. The third-order valence-electron chi connectivity index (χ3n) is 4.39. The fourth-order valence-electron chi connectivity index (χ4n) is 2.82. The zero-order chi connectivity index (χ0) is 20.4. The number of anilines is 1. The molecule has 0 atom stereocenters. The standard InChI is InChI=1S/C21H36N2O6/c22-20-3-1-2-4-21(20)29-18-16-27-14-12-25-10-9-24-11-13-26-15-17-28-19-5-7-23-8-6-19/h1-4,19,23H,5-18,22H2. The Bertz CT molecular complexity index is 514. The van der Waals surface area contributed by atoms with Crippen LogP contribution in [0.3, 0.4) is 0 Å². The van der Waals surface area contributed by atoms with Gasteiger partial charge in [0.25, 0.3) is 0 Å². The van der Waals surface area contributed by atoms with Gasteiger partial charge in [-0.05, 0) is 38.1 Å². The fraction of sp³-hybridized carbons (Fsp3) is 0.714. The highest BCUT2D eigenvalue weighted by molar-refractivity contribution is 5.51. The van der Waals surface area contributed by atoms with Crippen molar-refractivity contribution in [2.45, 2.75) is 18.9 Å². The second-order valence-electron chi connectivity index (χ2n) is 6.66. The van der Waals surface area contributed by atoms with Crippen molar-refractivity contribution in [1.82, 2.24) is 5.32 Å². The number of nitrogens with two attached hydrogens (primary N) is 1. The molecule has 1 aromatic carbocycles. The molecule has 1 aliphatic heterocycles. The zero-order valence-corrected chi connectivity index (χ0v) is 17.3. The molecule has 0 saturated carbocycles. The van der Waals surface area contributed by atoms with Crippen LogP contribution in [0.15, 0.2) is 24.3 Å². The van der Waals surface area contributed by atoms with Gasteiger partial charge in [0.2, 0.25) is 0 Å². The number of para-hydroxylation sites is 2. The summed E-state index contributed by atoms with van der Waals surface area (Å²) < 4.78 is 33.2. The van der Waals surface area contributed by atoms with Crippen LogP contribution in [-0.2, 0) is 23.7 Å². The maximum Gasteiger partial charge on any atom is 0.142 e. The first-order chi connectivity index (χ1) is 14.4. The minimum absolute atomic E-state index is 0.382. The van der Waals surface area contributed by atoms with E-state index in [0.29, 0.717) is 83.6 Å². The first kappa shape index (κ1) is 23.9. The van der Waals surface area contributed by atoms with Gasteiger partial charge in [-0.3, -0.25) is 0 Å². The number of benzene rings is 1. The molecule has 0 radical (unpaired) electrons. The lowest BCUT2D eigenvalue weighted by Gasteiger charge is -2.22. The number of piperidine rings is 1. The van der Waals surface area contributed by atoms with Crippen molar-refractivity contribution in [2.75, 3.05) is 84.9 Å². The minimum atomic E-state index is 0.382. The molecule has 8 heteroatoms. The van der Waals surface area contributed by atoms with Crippen LogP contribution in [0.2, 0.25) is 0 Å². The third-order valence-corrected chi connectivity index (χ3v) is 4.39. The van der Waals surface area contributed by atoms with Crippen LogP contribution >= 0.6 is 0 Å². The Morgan fingerprint density at radius 2 is 1.24 bits per heavy atom. The fourth-order valence-corrected chi connectivity index (χ4v) is 2.82. The molecular formula is C21H36N2O6. The van der Waals surface area contributed by atoms with E-state index in [1.165, 1.54) is 0 Å². The van der Waals surface area contributed by atoms with Gasteiger partial charge in [-0.1, -0.05) is 12.1 Å². The predicted molar refractivity (Wildman–Crippen MR) is 111 cm³/mol. The van der Waals surface area contributed by atoms with Crippen molar-refractivity contribution in [2.24, 2.45) is 0 Å². The molecule has 0 aromatic heterocycles. The summed E-state index contributed by atoms with van der Waals surface area (Å²) in [4.78, 5) is 0. The molecule has 0 spiro atoms. The van der Waals surface area contributed by atoms with Crippen molar-refractivity contribution >= 4 is 5.69 Å². The Morgan fingerprint density at radius 3 is 1.83 bits per heavy atom. The molecule has 1 heterocycles. The molecule has 1 fully saturated rings. The molecule has 3 N–H and O–H groups in total. The topological polar surface area (TPSA) is 93.4 Å². The number of ether oxygens (including phenoxy) is 6. The van der Waals surface area contributed by atoms with Gasteiger partial charge in [-0.25, -0.2) is 0 Å². The van der Waals surface area contributed by atoms with Gasteiger partial charge in [-0.15, -0.1) is 0 Å². The first-order valence-electron chi connectivity index (χ1n) is 10.5. The van der Waals surface area contributed by atoms with Crippen LogP contribution < -0.4 is 15.8 Å². The van der Waals surface area contributed by atoms with Gasteiger partial charge in [0.05, 0.1) is 71.3 Å². The molecule has 29 heavy (non-hydrogen) atoms. The number of hydrogen-bond donors (Lipinski definition) is 2. The molecule has 1 aromatic rings. The Balaban J connectivity index is 1.25. The molecule has 166 valence electrons. The Labute approximate surface area is 173 Å². The van der Waals surface area contributed by atoms with E-state index in [2.05, 4.69) is 5.32 Å². The van der Waals surface area contributed by atoms with Gasteiger partial charge < -0.3 is 39.5 Å². The van der Waals surface area contributed by atoms with Crippen molar-refractivity contribution in [3.05, 3.63) is 24.3 Å². The van der Waals surface area contributed by atoms with E-state index in [0.717, 1.165) is 25.9 Å². The molecule has 1 saturated heterocycles. The van der Waals surface area contributed by atoms with Crippen LogP contribution in [0, 0.1) is 0 Å². The predicted octanol–water partition coefficient (Wildman–Crippen LogP) is 1.48. The molecule has 0 unspecified atom stereocenters. The minimum Gasteiger partial charge on any atom is -0.489 e. The number of nitrogen functional groups attached to an aromatic ring is 1. The van der Waals surface area contributed by atoms with Crippen LogP contribution in [0.5, 0.6) is 5.75 Å². The maximum atomic E-state index is 5.80. The van der Waals surface area contributed by atoms with Gasteiger partial charge in [0.15, 0.2) is 0 Å². The van der Waals surface area contributed by atoms with Crippen LogP contribution in [0.1, 0.15) is 12.8 Å². The van der Waals surface area contributed by atoms with E-state index in [9.17, 15) is 0 Å². The lowest BCUT2D eigenvalue weighted by atomic mass is 10.1. The van der Waals surface area contributed by atoms with Crippen molar-refractivity contribution in [3.8, 4) is 5.75 Å². The number of nitrogens with one attached hydrogen (secondary N) is 1. The average Bonchev–Trinajstić information content (AvgIpc) is 2.75. The van der Waals surface area contributed by atoms with Crippen LogP contribution in [0.25, 0.3) is 0 Å². The zero-order valence-electron chi connectivity index (χ0n) is 17.3. The Hall–Kier alpha value is -1.42. The molecule has 2 rings (SSSR count). The first-order valence-corrected chi connectivity index (χ1v) is 10.5. The average molecular weight is 413 g/mol. The summed E-state index contributed by atoms with van der Waals surface area (Å²) in [6, 6.07) is 7.41. The molecular weight excluding hydrogens is 376 g/mol. The lowest BCUT2D eigenvalue weighted by molar-refractivity contribution is -0.0284. The second-order valence-corrected chi connectivity index (χ2v) is 6.66. The van der Waals surface area contributed by atoms with E-state index in [4.69, 9.17) is 34.2 Å². The summed E-state index contributed by atoms with van der Waals surface area (Å²) >= 11 is 0. The second kappa shape index (κ2) is 16.4. The van der Waals surface area contributed by atoms with E-state index in [-0.39, 0.29) is 0 Å². The van der Waals surface area contributed by atoms with Crippen LogP contribution in [0.4, 0.5) is 5.69 Å². The molecule has 1 aliphatic rings. The summed E-state index contributed by atoms with van der Waals surface area (Å²) in [5.41, 5.74) is 6.43. The van der Waals surface area contributed by atoms with E-state index >= 15 is 0 Å². The monoisotopic (exact) mass is 412 g/mol. The highest BCUT2D eigenvalue weighted by Gasteiger charge is 2.12. The van der Waals surface area contributed by atoms with Crippen molar-refractivity contribution < 1.29 is 28.4 Å². The third kappa shape index (κ3) is 12.0. The Morgan fingerprint density at radius 1 is 0.724 bits per heavy atom. The summed E-state index contributed by atoms with van der Waals surface area (Å²) in [6.07, 6.45) is 2.56. The summed E-state index contributed by atoms with van der Waals surface area (Å²) in [5, 5.41) is 3.32. The van der Waals surface area contributed by atoms with Crippen molar-refractivity contribution in [1.29, 1.82) is 0 Å². The van der Waals surface area contributed by atoms with E-state index in [1.54, 1.807) is 0 Å². The van der Waals surface area contributed by atoms with E-state index in [1.807, 2.05) is 24.3 Å². The smallest absolute Gasteiger partial charge is 0.142 e. The highest BCUT2D eigenvalue weighted by atomic mass is 16.6. The number of hydrogen-bond acceptors (Lipinski definition) is 8. The maximum absolute atomic E-state index is 5.80. The summed E-state index contributed by atoms with van der Waals surface area (Å²) in [6.45, 7) is 7.58. The normalized spacial score (nSPS) is 14.9. The van der Waals surface area contributed by atoms with E-state index < -0.39 is 0 Å². The van der Waals surface area contributed by atoms with Crippen LogP contribution in [-0.4, -0.2) is 85.3 Å². The quantitative estimate of drug-likeness (QED) is 0.294. The van der Waals surface area contributed by atoms with Gasteiger partial charge in [-0.2, -0.15) is 0 Å². The molecule has 8 nitrogen and oxygen atoms in total. The summed E-state index contributed by atoms with van der Waals surface area (Å²) in [5.74, 6) is 0.683. The molecule has 0 aliphatic carbocycles. The Kier molecular flexibility index (Phi) is 13.5. The van der Waals surface area contributed by atoms with Gasteiger partial charge in [0.1, 0.15) is 12.4 Å². The SMILES string of the molecule is Nc1ccccc1OCCOCCOCCOCCOCCOC1CCNCC1.